The van der Waals surface area contributed by atoms with Gasteiger partial charge in [-0.15, -0.1) is 0 Å². The lowest BCUT2D eigenvalue weighted by Crippen LogP contribution is -2.09. The maximum atomic E-state index is 11.0. The summed E-state index contributed by atoms with van der Waals surface area (Å²) in [6.45, 7) is 0.115. The van der Waals surface area contributed by atoms with Crippen molar-refractivity contribution in [3.63, 3.8) is 0 Å². The Morgan fingerprint density at radius 2 is 2.16 bits per heavy atom. The van der Waals surface area contributed by atoms with Crippen LogP contribution >= 0.6 is 0 Å². The van der Waals surface area contributed by atoms with Crippen LogP contribution in [0.4, 0.5) is 11.4 Å². The van der Waals surface area contributed by atoms with Gasteiger partial charge in [0.25, 0.3) is 0 Å². The monoisotopic (exact) mass is 261 g/mol. The molecule has 0 saturated heterocycles. The lowest BCUT2D eigenvalue weighted by atomic mass is 10.1. The van der Waals surface area contributed by atoms with Crippen molar-refractivity contribution in [3.8, 4) is 0 Å². The van der Waals surface area contributed by atoms with Gasteiger partial charge in [0.1, 0.15) is 11.9 Å². The average Bonchev–Trinajstić information content (AvgIpc) is 2.38. The Labute approximate surface area is 108 Å². The van der Waals surface area contributed by atoms with Crippen molar-refractivity contribution in [2.45, 2.75) is 6.42 Å². The molecule has 7 nitrogen and oxygen atoms in total. The highest BCUT2D eigenvalue weighted by Gasteiger charge is 2.17. The maximum Gasteiger partial charge on any atom is 0.311 e. The average molecular weight is 261 g/mol. The fourth-order valence-corrected chi connectivity index (χ4v) is 1.75. The van der Waals surface area contributed by atoms with E-state index in [1.807, 2.05) is 0 Å². The van der Waals surface area contributed by atoms with Crippen molar-refractivity contribution in [1.29, 1.82) is 0 Å². The second-order valence-electron chi connectivity index (χ2n) is 3.86. The number of para-hydroxylation sites is 1. The predicted molar refractivity (Wildman–Crippen MR) is 69.1 cm³/mol. The third kappa shape index (κ3) is 2.76. The molecule has 98 valence electrons. The molecule has 0 radical (unpaired) electrons. The lowest BCUT2D eigenvalue weighted by Gasteiger charge is -2.08. The summed E-state index contributed by atoms with van der Waals surface area (Å²) in [6.07, 6.45) is 1.05. The minimum Gasteiger partial charge on any atom is -0.481 e. The SMILES string of the molecule is O=C(O)CCNc1c([N+](=O)[O-])cnc2ccccc12. The van der Waals surface area contributed by atoms with E-state index in [1.54, 1.807) is 24.3 Å². The van der Waals surface area contributed by atoms with Crippen LogP contribution in [0, 0.1) is 10.1 Å². The van der Waals surface area contributed by atoms with Crippen LogP contribution in [0.15, 0.2) is 30.5 Å². The summed E-state index contributed by atoms with van der Waals surface area (Å²) in [5, 5.41) is 23.0. The lowest BCUT2D eigenvalue weighted by molar-refractivity contribution is -0.384. The fourth-order valence-electron chi connectivity index (χ4n) is 1.75. The Hall–Kier alpha value is -2.70. The quantitative estimate of drug-likeness (QED) is 0.630. The Kier molecular flexibility index (Phi) is 3.56. The van der Waals surface area contributed by atoms with E-state index in [4.69, 9.17) is 5.11 Å². The number of rotatable bonds is 5. The van der Waals surface area contributed by atoms with E-state index < -0.39 is 10.9 Å². The van der Waals surface area contributed by atoms with Crippen LogP contribution in [0.25, 0.3) is 10.9 Å². The number of aromatic nitrogens is 1. The van der Waals surface area contributed by atoms with Crippen LogP contribution in [-0.2, 0) is 4.79 Å². The Balaban J connectivity index is 2.43. The first-order chi connectivity index (χ1) is 9.09. The number of nitrogens with zero attached hydrogens (tertiary/aromatic N) is 2. The highest BCUT2D eigenvalue weighted by Crippen LogP contribution is 2.31. The van der Waals surface area contributed by atoms with Gasteiger partial charge in [0.05, 0.1) is 16.9 Å². The van der Waals surface area contributed by atoms with Gasteiger partial charge in [0.2, 0.25) is 0 Å². The summed E-state index contributed by atoms with van der Waals surface area (Å²) in [7, 11) is 0. The maximum absolute atomic E-state index is 11.0. The first kappa shape index (κ1) is 12.7. The number of anilines is 1. The summed E-state index contributed by atoms with van der Waals surface area (Å²) in [4.78, 5) is 24.9. The summed E-state index contributed by atoms with van der Waals surface area (Å²) in [6, 6.07) is 6.97. The highest BCUT2D eigenvalue weighted by atomic mass is 16.6. The molecule has 1 aromatic carbocycles. The van der Waals surface area contributed by atoms with E-state index in [0.29, 0.717) is 16.6 Å². The van der Waals surface area contributed by atoms with Gasteiger partial charge >= 0.3 is 11.7 Å². The molecule has 1 aromatic heterocycles. The number of nitrogens with one attached hydrogen (secondary N) is 1. The first-order valence-corrected chi connectivity index (χ1v) is 5.57. The molecule has 2 N–H and O–H groups in total. The van der Waals surface area contributed by atoms with E-state index in [0.717, 1.165) is 0 Å². The van der Waals surface area contributed by atoms with Crippen molar-refractivity contribution in [2.24, 2.45) is 0 Å². The molecule has 0 aliphatic carbocycles. The standard InChI is InChI=1S/C12H11N3O4/c16-11(17)5-6-13-12-8-3-1-2-4-9(8)14-7-10(12)15(18)19/h1-4,7H,5-6H2,(H,13,14)(H,16,17). The van der Waals surface area contributed by atoms with Crippen LogP contribution in [0.2, 0.25) is 0 Å². The Morgan fingerprint density at radius 1 is 1.42 bits per heavy atom. The number of benzene rings is 1. The van der Waals surface area contributed by atoms with E-state index in [2.05, 4.69) is 10.3 Å². The van der Waals surface area contributed by atoms with E-state index >= 15 is 0 Å². The first-order valence-electron chi connectivity index (χ1n) is 5.57. The van der Waals surface area contributed by atoms with Crippen molar-refractivity contribution < 1.29 is 14.8 Å². The largest absolute Gasteiger partial charge is 0.481 e. The van der Waals surface area contributed by atoms with Gasteiger partial charge in [-0.1, -0.05) is 18.2 Å². The molecule has 0 spiro atoms. The van der Waals surface area contributed by atoms with Crippen LogP contribution in [0.5, 0.6) is 0 Å². The van der Waals surface area contributed by atoms with Gasteiger partial charge in [0.15, 0.2) is 0 Å². The van der Waals surface area contributed by atoms with E-state index in [-0.39, 0.29) is 18.7 Å². The van der Waals surface area contributed by atoms with Gasteiger partial charge in [-0.2, -0.15) is 0 Å². The molecule has 0 bridgehead atoms. The number of nitro groups is 1. The number of carboxylic acids is 1. The van der Waals surface area contributed by atoms with Crippen LogP contribution in [0.1, 0.15) is 6.42 Å². The molecule has 2 aromatic rings. The number of fused-ring (bicyclic) bond motifs is 1. The molecule has 0 saturated carbocycles. The van der Waals surface area contributed by atoms with Gasteiger partial charge in [-0.05, 0) is 6.07 Å². The Morgan fingerprint density at radius 3 is 2.84 bits per heavy atom. The number of aliphatic carboxylic acids is 1. The minimum absolute atomic E-state index is 0.115. The second-order valence-corrected chi connectivity index (χ2v) is 3.86. The summed E-state index contributed by atoms with van der Waals surface area (Å²) in [5.41, 5.74) is 0.756. The second kappa shape index (κ2) is 5.30. The fraction of sp³-hybridized carbons (Fsp3) is 0.167. The highest BCUT2D eigenvalue weighted by molar-refractivity contribution is 5.95. The van der Waals surface area contributed by atoms with Crippen molar-refractivity contribution in [3.05, 3.63) is 40.6 Å². The molecule has 19 heavy (non-hydrogen) atoms. The molecule has 7 heteroatoms. The molecule has 0 fully saturated rings. The molecule has 2 rings (SSSR count). The smallest absolute Gasteiger partial charge is 0.311 e. The molecule has 0 unspecified atom stereocenters. The van der Waals surface area contributed by atoms with Gasteiger partial charge < -0.3 is 10.4 Å². The number of hydrogen-bond acceptors (Lipinski definition) is 5. The zero-order valence-corrected chi connectivity index (χ0v) is 9.87. The number of pyridine rings is 1. The number of carbonyl (C=O) groups is 1. The third-order valence-electron chi connectivity index (χ3n) is 2.59. The summed E-state index contributed by atoms with van der Waals surface area (Å²) in [5.74, 6) is -0.964. The normalized spacial score (nSPS) is 10.3. The van der Waals surface area contributed by atoms with Crippen LogP contribution in [-0.4, -0.2) is 27.5 Å². The molecule has 1 heterocycles. The van der Waals surface area contributed by atoms with Gasteiger partial charge in [0, 0.05) is 11.9 Å². The number of carboxylic acid groups (broad SMARTS) is 1. The minimum atomic E-state index is -0.964. The number of hydrogen-bond donors (Lipinski definition) is 2. The van der Waals surface area contributed by atoms with Crippen LogP contribution < -0.4 is 5.32 Å². The van der Waals surface area contributed by atoms with Crippen LogP contribution in [0.3, 0.4) is 0 Å². The summed E-state index contributed by atoms with van der Waals surface area (Å²) >= 11 is 0. The Bertz CT molecular complexity index is 642. The molecule has 0 amide bonds. The van der Waals surface area contributed by atoms with E-state index in [1.165, 1.54) is 6.20 Å². The molecule has 0 aliphatic rings. The molecule has 0 aliphatic heterocycles. The molecular weight excluding hydrogens is 250 g/mol. The predicted octanol–water partition coefficient (Wildman–Crippen LogP) is 2.03. The van der Waals surface area contributed by atoms with Crippen molar-refractivity contribution >= 4 is 28.2 Å². The molecule has 0 atom stereocenters. The van der Waals surface area contributed by atoms with E-state index in [9.17, 15) is 14.9 Å². The zero-order chi connectivity index (χ0) is 13.8. The zero-order valence-electron chi connectivity index (χ0n) is 9.87. The summed E-state index contributed by atoms with van der Waals surface area (Å²) < 4.78 is 0. The molecular formula is C12H11N3O4. The van der Waals surface area contributed by atoms with Crippen molar-refractivity contribution in [2.75, 3.05) is 11.9 Å². The van der Waals surface area contributed by atoms with Crippen molar-refractivity contribution in [1.82, 2.24) is 4.98 Å². The van der Waals surface area contributed by atoms with Gasteiger partial charge in [-0.3, -0.25) is 14.9 Å². The third-order valence-corrected chi connectivity index (χ3v) is 2.59. The van der Waals surface area contributed by atoms with Gasteiger partial charge in [-0.25, -0.2) is 4.98 Å². The topological polar surface area (TPSA) is 105 Å².